The van der Waals surface area contributed by atoms with E-state index in [1.807, 2.05) is 10.9 Å². The fourth-order valence-electron chi connectivity index (χ4n) is 3.62. The first-order valence-corrected chi connectivity index (χ1v) is 10.5. The molecular weight excluding hydrogens is 428 g/mol. The van der Waals surface area contributed by atoms with E-state index in [2.05, 4.69) is 15.4 Å². The minimum absolute atomic E-state index is 0.0699. The van der Waals surface area contributed by atoms with Crippen LogP contribution >= 0.6 is 23.2 Å². The number of benzene rings is 1. The molecule has 0 aliphatic carbocycles. The van der Waals surface area contributed by atoms with Crippen molar-refractivity contribution >= 4 is 29.0 Å². The Morgan fingerprint density at radius 3 is 2.93 bits per heavy atom. The fraction of sp³-hybridized carbons (Fsp3) is 0.333. The summed E-state index contributed by atoms with van der Waals surface area (Å²) < 4.78 is 21.8. The normalized spacial score (nSPS) is 17.3. The second-order valence-corrected chi connectivity index (χ2v) is 8.15. The van der Waals surface area contributed by atoms with Crippen LogP contribution in [0.4, 0.5) is 10.2 Å². The Labute approximate surface area is 184 Å². The maximum atomic E-state index is 13.9. The molecule has 4 rings (SSSR count). The SMILES string of the molecule is CC(Oc1cc(-c2cnn(C[C@H]3CCCN3)c2)cnc1N)c1c(Cl)ccc(F)c1Cl. The second-order valence-electron chi connectivity index (χ2n) is 7.37. The van der Waals surface area contributed by atoms with Crippen LogP contribution in [0.1, 0.15) is 31.4 Å². The fourth-order valence-corrected chi connectivity index (χ4v) is 4.30. The number of halogens is 3. The summed E-state index contributed by atoms with van der Waals surface area (Å²) in [5.74, 6) is 0.0222. The Balaban J connectivity index is 1.55. The van der Waals surface area contributed by atoms with Crippen molar-refractivity contribution in [3.63, 3.8) is 0 Å². The van der Waals surface area contributed by atoms with Crippen molar-refractivity contribution < 1.29 is 9.13 Å². The van der Waals surface area contributed by atoms with Gasteiger partial charge in [-0.3, -0.25) is 4.68 Å². The van der Waals surface area contributed by atoms with Crippen LogP contribution in [-0.4, -0.2) is 27.4 Å². The van der Waals surface area contributed by atoms with Gasteiger partial charge >= 0.3 is 0 Å². The van der Waals surface area contributed by atoms with Gasteiger partial charge < -0.3 is 15.8 Å². The number of hydrogen-bond acceptors (Lipinski definition) is 5. The van der Waals surface area contributed by atoms with E-state index < -0.39 is 11.9 Å². The number of hydrogen-bond donors (Lipinski definition) is 2. The molecule has 2 aromatic heterocycles. The van der Waals surface area contributed by atoms with Gasteiger partial charge in [0, 0.05) is 40.1 Å². The van der Waals surface area contributed by atoms with E-state index in [1.54, 1.807) is 25.4 Å². The summed E-state index contributed by atoms with van der Waals surface area (Å²) in [4.78, 5) is 4.24. The zero-order valence-electron chi connectivity index (χ0n) is 16.4. The molecule has 3 aromatic rings. The Morgan fingerprint density at radius 1 is 1.33 bits per heavy atom. The number of ether oxygens (including phenoxy) is 1. The number of anilines is 1. The summed E-state index contributed by atoms with van der Waals surface area (Å²) in [7, 11) is 0. The lowest BCUT2D eigenvalue weighted by Gasteiger charge is -2.19. The third kappa shape index (κ3) is 4.38. The minimum atomic E-state index is -0.629. The van der Waals surface area contributed by atoms with Crippen molar-refractivity contribution in [1.29, 1.82) is 0 Å². The highest BCUT2D eigenvalue weighted by molar-refractivity contribution is 6.36. The Hall–Kier alpha value is -2.35. The zero-order chi connectivity index (χ0) is 21.3. The van der Waals surface area contributed by atoms with Crippen LogP contribution in [-0.2, 0) is 6.54 Å². The second kappa shape index (κ2) is 8.79. The monoisotopic (exact) mass is 449 g/mol. The highest BCUT2D eigenvalue weighted by atomic mass is 35.5. The summed E-state index contributed by atoms with van der Waals surface area (Å²) in [6.07, 6.45) is 7.15. The molecule has 1 fully saturated rings. The molecule has 3 heterocycles. The van der Waals surface area contributed by atoms with Gasteiger partial charge in [-0.05, 0) is 44.5 Å². The Kier molecular flexibility index (Phi) is 6.13. The topological polar surface area (TPSA) is 78.0 Å². The Bertz CT molecular complexity index is 1050. The highest BCUT2D eigenvalue weighted by Crippen LogP contribution is 2.36. The molecule has 1 saturated heterocycles. The lowest BCUT2D eigenvalue weighted by molar-refractivity contribution is 0.227. The van der Waals surface area contributed by atoms with E-state index in [0.29, 0.717) is 22.4 Å². The number of pyridine rings is 1. The van der Waals surface area contributed by atoms with E-state index in [1.165, 1.54) is 18.6 Å². The summed E-state index contributed by atoms with van der Waals surface area (Å²) >= 11 is 12.3. The third-order valence-electron chi connectivity index (χ3n) is 5.21. The molecule has 1 aliphatic heterocycles. The number of nitrogens with one attached hydrogen (secondary N) is 1. The molecular formula is C21H22Cl2FN5O. The van der Waals surface area contributed by atoms with Crippen LogP contribution in [0.5, 0.6) is 5.75 Å². The molecule has 0 amide bonds. The summed E-state index contributed by atoms with van der Waals surface area (Å²) in [6, 6.07) is 4.90. The van der Waals surface area contributed by atoms with Crippen LogP contribution in [0.25, 0.3) is 11.1 Å². The molecule has 158 valence electrons. The molecule has 2 atom stereocenters. The summed E-state index contributed by atoms with van der Waals surface area (Å²) in [6.45, 7) is 3.60. The average molecular weight is 450 g/mol. The van der Waals surface area contributed by atoms with E-state index >= 15 is 0 Å². The maximum absolute atomic E-state index is 13.9. The van der Waals surface area contributed by atoms with E-state index in [-0.39, 0.29) is 10.8 Å². The standard InChI is InChI=1S/C21H22Cl2FN5O/c1-12(19-16(22)4-5-17(24)20(19)23)30-18-7-13(8-27-21(18)25)14-9-28-29(10-14)11-15-3-2-6-26-15/h4-5,7-10,12,15,26H,2-3,6,11H2,1H3,(H2,25,27)/t12?,15-/m1/s1. The molecule has 30 heavy (non-hydrogen) atoms. The van der Waals surface area contributed by atoms with E-state index in [9.17, 15) is 4.39 Å². The van der Waals surface area contributed by atoms with Gasteiger partial charge in [0.15, 0.2) is 11.6 Å². The van der Waals surface area contributed by atoms with Crippen LogP contribution in [0.2, 0.25) is 10.0 Å². The summed E-state index contributed by atoms with van der Waals surface area (Å²) in [5.41, 5.74) is 8.09. The molecule has 0 spiro atoms. The molecule has 9 heteroatoms. The van der Waals surface area contributed by atoms with Crippen molar-refractivity contribution in [1.82, 2.24) is 20.1 Å². The van der Waals surface area contributed by atoms with Crippen LogP contribution in [0.15, 0.2) is 36.8 Å². The molecule has 1 aromatic carbocycles. The lowest BCUT2D eigenvalue weighted by Crippen LogP contribution is -2.26. The number of nitrogen functional groups attached to an aromatic ring is 1. The van der Waals surface area contributed by atoms with Gasteiger partial charge in [0.2, 0.25) is 0 Å². The first-order valence-electron chi connectivity index (χ1n) is 9.74. The number of nitrogens with two attached hydrogens (primary N) is 1. The first kappa shape index (κ1) is 20.9. The van der Waals surface area contributed by atoms with Gasteiger partial charge in [0.1, 0.15) is 11.9 Å². The quantitative estimate of drug-likeness (QED) is 0.525. The van der Waals surface area contributed by atoms with Crippen molar-refractivity contribution in [2.75, 3.05) is 12.3 Å². The molecule has 1 unspecified atom stereocenters. The predicted molar refractivity (Wildman–Crippen MR) is 116 cm³/mol. The van der Waals surface area contributed by atoms with Gasteiger partial charge in [0.05, 0.1) is 17.8 Å². The molecule has 0 saturated carbocycles. The van der Waals surface area contributed by atoms with Crippen molar-refractivity contribution in [2.24, 2.45) is 0 Å². The van der Waals surface area contributed by atoms with Crippen molar-refractivity contribution in [3.8, 4) is 16.9 Å². The zero-order valence-corrected chi connectivity index (χ0v) is 17.9. The van der Waals surface area contributed by atoms with Crippen LogP contribution in [0, 0.1) is 5.82 Å². The van der Waals surface area contributed by atoms with Crippen molar-refractivity contribution in [3.05, 3.63) is 58.2 Å². The van der Waals surface area contributed by atoms with E-state index in [4.69, 9.17) is 33.7 Å². The highest BCUT2D eigenvalue weighted by Gasteiger charge is 2.20. The minimum Gasteiger partial charge on any atom is -0.482 e. The van der Waals surface area contributed by atoms with Gasteiger partial charge in [-0.1, -0.05) is 23.2 Å². The van der Waals surface area contributed by atoms with Gasteiger partial charge in [-0.2, -0.15) is 5.10 Å². The van der Waals surface area contributed by atoms with Crippen LogP contribution in [0.3, 0.4) is 0 Å². The van der Waals surface area contributed by atoms with Gasteiger partial charge in [0.25, 0.3) is 0 Å². The van der Waals surface area contributed by atoms with Crippen molar-refractivity contribution in [2.45, 2.75) is 38.5 Å². The smallest absolute Gasteiger partial charge is 0.166 e. The van der Waals surface area contributed by atoms with Gasteiger partial charge in [-0.15, -0.1) is 0 Å². The average Bonchev–Trinajstić information content (AvgIpc) is 3.39. The third-order valence-corrected chi connectivity index (χ3v) is 5.92. The van der Waals surface area contributed by atoms with Gasteiger partial charge in [-0.25, -0.2) is 9.37 Å². The number of rotatable bonds is 6. The molecule has 3 N–H and O–H groups in total. The molecule has 6 nitrogen and oxygen atoms in total. The van der Waals surface area contributed by atoms with Crippen LogP contribution < -0.4 is 15.8 Å². The van der Waals surface area contributed by atoms with E-state index in [0.717, 1.165) is 30.6 Å². The first-order chi connectivity index (χ1) is 14.4. The largest absolute Gasteiger partial charge is 0.482 e. The predicted octanol–water partition coefficient (Wildman–Crippen LogP) is 4.87. The maximum Gasteiger partial charge on any atom is 0.166 e. The molecule has 0 radical (unpaired) electrons. The Morgan fingerprint density at radius 2 is 2.17 bits per heavy atom. The number of aromatic nitrogens is 3. The summed E-state index contributed by atoms with van der Waals surface area (Å²) in [5, 5.41) is 8.16. The molecule has 1 aliphatic rings. The molecule has 0 bridgehead atoms. The number of nitrogens with zero attached hydrogens (tertiary/aromatic N) is 3. The lowest BCUT2D eigenvalue weighted by atomic mass is 10.1.